The Balaban J connectivity index is 1.68. The molecule has 2 aromatic rings. The molecule has 0 amide bonds. The van der Waals surface area contributed by atoms with Crippen molar-refractivity contribution in [1.29, 1.82) is 0 Å². The van der Waals surface area contributed by atoms with Crippen molar-refractivity contribution in [3.63, 3.8) is 0 Å². The summed E-state index contributed by atoms with van der Waals surface area (Å²) in [6, 6.07) is 12.0. The van der Waals surface area contributed by atoms with Crippen molar-refractivity contribution < 1.29 is 0 Å². The monoisotopic (exact) mass is 283 g/mol. The Morgan fingerprint density at radius 1 is 1.24 bits per heavy atom. The number of aryl methyl sites for hydroxylation is 1. The number of nitrogens with one attached hydrogen (secondary N) is 1. The van der Waals surface area contributed by atoms with Gasteiger partial charge in [-0.1, -0.05) is 36.8 Å². The van der Waals surface area contributed by atoms with E-state index in [9.17, 15) is 4.79 Å². The standard InChI is InChI=1S/C17H21N3O/c21-17-12-16(14-6-2-1-3-7-14)19-13-20(17)11-9-15-8-4-5-10-18-15/h1-3,6-7,12-13,15,18H,4-5,8-11H2. The molecular weight excluding hydrogens is 262 g/mol. The van der Waals surface area contributed by atoms with Gasteiger partial charge in [-0.2, -0.15) is 0 Å². The quantitative estimate of drug-likeness (QED) is 0.937. The van der Waals surface area contributed by atoms with Gasteiger partial charge >= 0.3 is 0 Å². The van der Waals surface area contributed by atoms with Gasteiger partial charge in [-0.3, -0.25) is 9.36 Å². The van der Waals surface area contributed by atoms with Crippen molar-refractivity contribution in [1.82, 2.24) is 14.9 Å². The van der Waals surface area contributed by atoms with Crippen LogP contribution in [0.4, 0.5) is 0 Å². The van der Waals surface area contributed by atoms with Gasteiger partial charge in [0, 0.05) is 24.2 Å². The molecule has 1 unspecified atom stereocenters. The smallest absolute Gasteiger partial charge is 0.253 e. The molecule has 1 fully saturated rings. The van der Waals surface area contributed by atoms with Gasteiger partial charge in [-0.25, -0.2) is 4.98 Å². The first-order valence-electron chi connectivity index (χ1n) is 7.68. The molecule has 1 aliphatic rings. The van der Waals surface area contributed by atoms with Gasteiger partial charge in [0.05, 0.1) is 12.0 Å². The van der Waals surface area contributed by atoms with E-state index in [1.54, 1.807) is 17.0 Å². The van der Waals surface area contributed by atoms with Crippen LogP contribution >= 0.6 is 0 Å². The second-order valence-corrected chi connectivity index (χ2v) is 5.61. The van der Waals surface area contributed by atoms with E-state index in [0.717, 1.165) is 30.8 Å². The lowest BCUT2D eigenvalue weighted by Gasteiger charge is -2.23. The maximum atomic E-state index is 12.2. The summed E-state index contributed by atoms with van der Waals surface area (Å²) in [6.45, 7) is 1.84. The summed E-state index contributed by atoms with van der Waals surface area (Å²) >= 11 is 0. The second-order valence-electron chi connectivity index (χ2n) is 5.61. The average molecular weight is 283 g/mol. The van der Waals surface area contributed by atoms with Crippen LogP contribution in [0.15, 0.2) is 47.5 Å². The van der Waals surface area contributed by atoms with Gasteiger partial charge in [0.2, 0.25) is 0 Å². The molecule has 1 N–H and O–H groups in total. The van der Waals surface area contributed by atoms with Crippen molar-refractivity contribution in [2.24, 2.45) is 0 Å². The Labute approximate surface area is 124 Å². The molecule has 1 aromatic carbocycles. The van der Waals surface area contributed by atoms with Crippen LogP contribution in [0.1, 0.15) is 25.7 Å². The van der Waals surface area contributed by atoms with Gasteiger partial charge in [0.1, 0.15) is 0 Å². The third kappa shape index (κ3) is 3.58. The summed E-state index contributed by atoms with van der Waals surface area (Å²) in [5, 5.41) is 3.51. The summed E-state index contributed by atoms with van der Waals surface area (Å²) in [4.78, 5) is 16.6. The van der Waals surface area contributed by atoms with Gasteiger partial charge in [-0.15, -0.1) is 0 Å². The highest BCUT2D eigenvalue weighted by molar-refractivity contribution is 5.57. The van der Waals surface area contributed by atoms with E-state index in [0.29, 0.717) is 6.04 Å². The minimum absolute atomic E-state index is 0.0275. The average Bonchev–Trinajstić information content (AvgIpc) is 2.55. The Hall–Kier alpha value is -1.94. The molecule has 0 bridgehead atoms. The summed E-state index contributed by atoms with van der Waals surface area (Å²) in [5.74, 6) is 0. The molecule has 0 radical (unpaired) electrons. The molecule has 1 aromatic heterocycles. The minimum Gasteiger partial charge on any atom is -0.314 e. The highest BCUT2D eigenvalue weighted by atomic mass is 16.1. The number of piperidine rings is 1. The van der Waals surface area contributed by atoms with E-state index in [-0.39, 0.29) is 5.56 Å². The molecule has 1 atom stereocenters. The minimum atomic E-state index is 0.0275. The van der Waals surface area contributed by atoms with Crippen LogP contribution in [0.3, 0.4) is 0 Å². The molecule has 3 rings (SSSR count). The fourth-order valence-electron chi connectivity index (χ4n) is 2.83. The maximum absolute atomic E-state index is 12.2. The second kappa shape index (κ2) is 6.68. The van der Waals surface area contributed by atoms with Crippen LogP contribution in [0, 0.1) is 0 Å². The fraction of sp³-hybridized carbons (Fsp3) is 0.412. The lowest BCUT2D eigenvalue weighted by atomic mass is 10.0. The van der Waals surface area contributed by atoms with E-state index < -0.39 is 0 Å². The molecular formula is C17H21N3O. The summed E-state index contributed by atoms with van der Waals surface area (Å²) in [5.41, 5.74) is 1.75. The molecule has 1 aliphatic heterocycles. The van der Waals surface area contributed by atoms with Crippen LogP contribution in [0.2, 0.25) is 0 Å². The normalized spacial score (nSPS) is 18.6. The third-order valence-electron chi connectivity index (χ3n) is 4.08. The van der Waals surface area contributed by atoms with E-state index in [4.69, 9.17) is 0 Å². The Morgan fingerprint density at radius 2 is 2.10 bits per heavy atom. The van der Waals surface area contributed by atoms with Crippen molar-refractivity contribution in [3.8, 4) is 11.3 Å². The number of hydrogen-bond acceptors (Lipinski definition) is 3. The van der Waals surface area contributed by atoms with Crippen LogP contribution in [0.25, 0.3) is 11.3 Å². The van der Waals surface area contributed by atoms with Crippen LogP contribution in [-0.4, -0.2) is 22.1 Å². The van der Waals surface area contributed by atoms with Crippen LogP contribution < -0.4 is 10.9 Å². The molecule has 4 nitrogen and oxygen atoms in total. The van der Waals surface area contributed by atoms with Crippen molar-refractivity contribution >= 4 is 0 Å². The zero-order chi connectivity index (χ0) is 14.5. The lowest BCUT2D eigenvalue weighted by Crippen LogP contribution is -2.35. The topological polar surface area (TPSA) is 46.9 Å². The van der Waals surface area contributed by atoms with E-state index in [2.05, 4.69) is 10.3 Å². The van der Waals surface area contributed by atoms with Gasteiger partial charge < -0.3 is 5.32 Å². The van der Waals surface area contributed by atoms with Crippen molar-refractivity contribution in [3.05, 3.63) is 53.1 Å². The Morgan fingerprint density at radius 3 is 2.81 bits per heavy atom. The number of benzene rings is 1. The molecule has 110 valence electrons. The third-order valence-corrected chi connectivity index (χ3v) is 4.08. The predicted octanol–water partition coefficient (Wildman–Crippen LogP) is 2.44. The van der Waals surface area contributed by atoms with Crippen LogP contribution in [0.5, 0.6) is 0 Å². The summed E-state index contributed by atoms with van der Waals surface area (Å²) < 4.78 is 1.71. The summed E-state index contributed by atoms with van der Waals surface area (Å²) in [6.07, 6.45) is 6.44. The Bertz CT molecular complexity index is 630. The van der Waals surface area contributed by atoms with E-state index in [1.807, 2.05) is 30.3 Å². The molecule has 2 heterocycles. The number of aromatic nitrogens is 2. The zero-order valence-electron chi connectivity index (χ0n) is 12.2. The Kier molecular flexibility index (Phi) is 4.46. The SMILES string of the molecule is O=c1cc(-c2ccccc2)ncn1CCC1CCCCN1. The summed E-state index contributed by atoms with van der Waals surface area (Å²) in [7, 11) is 0. The van der Waals surface area contributed by atoms with E-state index in [1.165, 1.54) is 19.3 Å². The van der Waals surface area contributed by atoms with Gasteiger partial charge in [-0.05, 0) is 25.8 Å². The molecule has 0 spiro atoms. The van der Waals surface area contributed by atoms with Crippen molar-refractivity contribution in [2.45, 2.75) is 38.3 Å². The van der Waals surface area contributed by atoms with E-state index >= 15 is 0 Å². The zero-order valence-corrected chi connectivity index (χ0v) is 12.2. The lowest BCUT2D eigenvalue weighted by molar-refractivity contribution is 0.364. The molecule has 0 aliphatic carbocycles. The first-order valence-corrected chi connectivity index (χ1v) is 7.68. The van der Waals surface area contributed by atoms with Gasteiger partial charge in [0.15, 0.2) is 0 Å². The van der Waals surface area contributed by atoms with Crippen molar-refractivity contribution in [2.75, 3.05) is 6.54 Å². The number of nitrogens with zero attached hydrogens (tertiary/aromatic N) is 2. The van der Waals surface area contributed by atoms with Gasteiger partial charge in [0.25, 0.3) is 5.56 Å². The first kappa shape index (κ1) is 14.0. The highest BCUT2D eigenvalue weighted by Crippen LogP contribution is 2.14. The highest BCUT2D eigenvalue weighted by Gasteiger charge is 2.12. The fourth-order valence-corrected chi connectivity index (χ4v) is 2.83. The molecule has 1 saturated heterocycles. The maximum Gasteiger partial charge on any atom is 0.253 e. The molecule has 0 saturated carbocycles. The largest absolute Gasteiger partial charge is 0.314 e. The number of rotatable bonds is 4. The predicted molar refractivity (Wildman–Crippen MR) is 84.2 cm³/mol. The molecule has 21 heavy (non-hydrogen) atoms. The number of hydrogen-bond donors (Lipinski definition) is 1. The van der Waals surface area contributed by atoms with Crippen LogP contribution in [-0.2, 0) is 6.54 Å². The molecule has 4 heteroatoms. The first-order chi connectivity index (χ1) is 10.3.